The van der Waals surface area contributed by atoms with Crippen LogP contribution in [-0.4, -0.2) is 51.0 Å². The number of aromatic nitrogens is 2. The third kappa shape index (κ3) is 3.11. The van der Waals surface area contributed by atoms with E-state index in [-0.39, 0.29) is 29.8 Å². The van der Waals surface area contributed by atoms with Gasteiger partial charge in [-0.1, -0.05) is 30.3 Å². The number of nitrogens with zero attached hydrogens (tertiary/aromatic N) is 4. The van der Waals surface area contributed by atoms with Crippen molar-refractivity contribution in [2.75, 3.05) is 19.6 Å². The molecule has 1 aromatic heterocycles. The van der Waals surface area contributed by atoms with Crippen molar-refractivity contribution in [1.82, 2.24) is 19.6 Å². The van der Waals surface area contributed by atoms with Crippen LogP contribution in [0.5, 0.6) is 0 Å². The number of fused-ring (bicyclic) bond motifs is 1. The van der Waals surface area contributed by atoms with Gasteiger partial charge in [0.05, 0.1) is 6.04 Å². The molecular weight excluding hydrogens is 352 g/mol. The second kappa shape index (κ2) is 7.08. The van der Waals surface area contributed by atoms with Crippen LogP contribution in [0.1, 0.15) is 54.6 Å². The molecule has 2 amide bonds. The maximum atomic E-state index is 13.1. The molecule has 6 heteroatoms. The average molecular weight is 380 g/mol. The van der Waals surface area contributed by atoms with Crippen molar-refractivity contribution >= 4 is 11.8 Å². The molecule has 1 aromatic carbocycles. The van der Waals surface area contributed by atoms with Crippen LogP contribution < -0.4 is 0 Å². The van der Waals surface area contributed by atoms with Crippen LogP contribution in [0.25, 0.3) is 0 Å². The van der Waals surface area contributed by atoms with Gasteiger partial charge in [-0.25, -0.2) is 0 Å². The maximum absolute atomic E-state index is 13.1. The van der Waals surface area contributed by atoms with Crippen LogP contribution in [0.15, 0.2) is 36.4 Å². The maximum Gasteiger partial charge on any atom is 0.274 e. The molecule has 2 fully saturated rings. The van der Waals surface area contributed by atoms with Crippen molar-refractivity contribution in [1.29, 1.82) is 0 Å². The molecule has 0 unspecified atom stereocenters. The number of carbonyl (C=O) groups excluding carboxylic acids is 2. The highest BCUT2D eigenvalue weighted by Gasteiger charge is 2.49. The lowest BCUT2D eigenvalue weighted by atomic mass is 9.89. The Hall–Kier alpha value is -2.63. The van der Waals surface area contributed by atoms with E-state index < -0.39 is 0 Å². The molecular formula is C22H28N4O2. The van der Waals surface area contributed by atoms with Crippen LogP contribution in [0, 0.1) is 18.8 Å². The second-order valence-corrected chi connectivity index (χ2v) is 8.37. The fraction of sp³-hybridized carbons (Fsp3) is 0.500. The number of benzene rings is 1. The number of carbonyl (C=O) groups is 2. The minimum Gasteiger partial charge on any atom is -0.337 e. The van der Waals surface area contributed by atoms with Gasteiger partial charge in [0.25, 0.3) is 5.91 Å². The largest absolute Gasteiger partial charge is 0.337 e. The zero-order valence-electron chi connectivity index (χ0n) is 17.0. The Morgan fingerprint density at radius 2 is 1.82 bits per heavy atom. The molecule has 2 aliphatic rings. The molecule has 0 N–H and O–H groups in total. The molecule has 2 aromatic rings. The lowest BCUT2D eigenvalue weighted by Gasteiger charge is -2.29. The molecule has 2 saturated heterocycles. The molecule has 6 nitrogen and oxygen atoms in total. The van der Waals surface area contributed by atoms with Crippen molar-refractivity contribution in [2.24, 2.45) is 11.8 Å². The SMILES string of the molecule is CC(=O)N1C[C@H]2CN(C(=O)c3cc(C)n(C(C)C)n3)C[C@H]2[C@H]1c1ccccc1. The lowest BCUT2D eigenvalue weighted by molar-refractivity contribution is -0.130. The third-order valence-corrected chi connectivity index (χ3v) is 6.13. The summed E-state index contributed by atoms with van der Waals surface area (Å²) in [5.41, 5.74) is 2.67. The summed E-state index contributed by atoms with van der Waals surface area (Å²) in [6, 6.07) is 12.3. The van der Waals surface area contributed by atoms with Gasteiger partial charge < -0.3 is 9.80 Å². The molecule has 0 spiro atoms. The summed E-state index contributed by atoms with van der Waals surface area (Å²) in [6.45, 7) is 9.82. The van der Waals surface area contributed by atoms with Crippen LogP contribution in [-0.2, 0) is 4.79 Å². The molecule has 0 saturated carbocycles. The molecule has 28 heavy (non-hydrogen) atoms. The number of rotatable bonds is 3. The summed E-state index contributed by atoms with van der Waals surface area (Å²) in [7, 11) is 0. The standard InChI is InChI=1S/C22H28N4O2/c1-14(2)26-15(3)10-20(23-26)22(28)24-11-18-12-25(16(4)27)21(19(18)13-24)17-8-6-5-7-9-17/h5-10,14,18-19,21H,11-13H2,1-4H3/t18-,19-,21-/m1/s1. The van der Waals surface area contributed by atoms with Crippen LogP contribution >= 0.6 is 0 Å². The first-order valence-electron chi connectivity index (χ1n) is 10.0. The number of hydrogen-bond acceptors (Lipinski definition) is 3. The highest BCUT2D eigenvalue weighted by atomic mass is 16.2. The summed E-state index contributed by atoms with van der Waals surface area (Å²) in [5.74, 6) is 0.681. The second-order valence-electron chi connectivity index (χ2n) is 8.37. The van der Waals surface area contributed by atoms with Crippen LogP contribution in [0.4, 0.5) is 0 Å². The first-order valence-corrected chi connectivity index (χ1v) is 10.0. The Morgan fingerprint density at radius 3 is 2.43 bits per heavy atom. The van der Waals surface area contributed by atoms with Crippen molar-refractivity contribution in [3.05, 3.63) is 53.3 Å². The first-order chi connectivity index (χ1) is 13.4. The zero-order valence-corrected chi connectivity index (χ0v) is 17.0. The van der Waals surface area contributed by atoms with Gasteiger partial charge in [-0.05, 0) is 32.4 Å². The number of likely N-dealkylation sites (tertiary alicyclic amines) is 2. The first kappa shape index (κ1) is 18.7. The summed E-state index contributed by atoms with van der Waals surface area (Å²) in [6.07, 6.45) is 0. The van der Waals surface area contributed by atoms with Gasteiger partial charge >= 0.3 is 0 Å². The summed E-state index contributed by atoms with van der Waals surface area (Å²) < 4.78 is 1.90. The Morgan fingerprint density at radius 1 is 1.11 bits per heavy atom. The van der Waals surface area contributed by atoms with E-state index in [1.165, 1.54) is 0 Å². The van der Waals surface area contributed by atoms with E-state index in [2.05, 4.69) is 31.1 Å². The van der Waals surface area contributed by atoms with Gasteiger partial charge in [-0.15, -0.1) is 0 Å². The van der Waals surface area contributed by atoms with Crippen LogP contribution in [0.3, 0.4) is 0 Å². The summed E-state index contributed by atoms with van der Waals surface area (Å²) in [5, 5.41) is 4.53. The molecule has 0 radical (unpaired) electrons. The lowest BCUT2D eigenvalue weighted by Crippen LogP contribution is -2.36. The quantitative estimate of drug-likeness (QED) is 0.822. The van der Waals surface area contributed by atoms with E-state index in [9.17, 15) is 9.59 Å². The fourth-order valence-corrected chi connectivity index (χ4v) is 4.89. The fourth-order valence-electron chi connectivity index (χ4n) is 4.89. The number of amides is 2. The van der Waals surface area contributed by atoms with Crippen molar-refractivity contribution in [2.45, 2.75) is 39.8 Å². The van der Waals surface area contributed by atoms with E-state index in [0.29, 0.717) is 31.2 Å². The van der Waals surface area contributed by atoms with Gasteiger partial charge in [0, 0.05) is 50.1 Å². The number of aryl methyl sites for hydroxylation is 1. The minimum absolute atomic E-state index is 0.00177. The van der Waals surface area contributed by atoms with Gasteiger partial charge in [0.1, 0.15) is 0 Å². The Balaban J connectivity index is 1.57. The monoisotopic (exact) mass is 380 g/mol. The highest BCUT2D eigenvalue weighted by Crippen LogP contribution is 2.45. The smallest absolute Gasteiger partial charge is 0.274 e. The predicted octanol–water partition coefficient (Wildman–Crippen LogP) is 3.06. The summed E-state index contributed by atoms with van der Waals surface area (Å²) >= 11 is 0. The Kier molecular flexibility index (Phi) is 4.73. The normalized spacial score (nSPS) is 24.1. The molecule has 2 aliphatic heterocycles. The number of hydrogen-bond donors (Lipinski definition) is 0. The molecule has 0 bridgehead atoms. The average Bonchev–Trinajstić information content (AvgIpc) is 3.33. The van der Waals surface area contributed by atoms with E-state index >= 15 is 0 Å². The minimum atomic E-state index is -0.00177. The molecule has 4 rings (SSSR count). The van der Waals surface area contributed by atoms with E-state index in [0.717, 1.165) is 11.3 Å². The van der Waals surface area contributed by atoms with Crippen molar-refractivity contribution < 1.29 is 9.59 Å². The Bertz CT molecular complexity index is 889. The van der Waals surface area contributed by atoms with Gasteiger partial charge in [-0.2, -0.15) is 5.10 Å². The van der Waals surface area contributed by atoms with Crippen molar-refractivity contribution in [3.8, 4) is 0 Å². The highest BCUT2D eigenvalue weighted by molar-refractivity contribution is 5.92. The summed E-state index contributed by atoms with van der Waals surface area (Å²) in [4.78, 5) is 29.2. The Labute approximate surface area is 166 Å². The van der Waals surface area contributed by atoms with Gasteiger partial charge in [-0.3, -0.25) is 14.3 Å². The van der Waals surface area contributed by atoms with Gasteiger partial charge in [0.15, 0.2) is 5.69 Å². The van der Waals surface area contributed by atoms with Crippen LogP contribution in [0.2, 0.25) is 0 Å². The topological polar surface area (TPSA) is 58.4 Å². The van der Waals surface area contributed by atoms with E-state index in [1.54, 1.807) is 6.92 Å². The molecule has 3 heterocycles. The molecule has 148 valence electrons. The van der Waals surface area contributed by atoms with E-state index in [1.807, 2.05) is 45.7 Å². The third-order valence-electron chi connectivity index (χ3n) is 6.13. The zero-order chi connectivity index (χ0) is 20.0. The molecule has 0 aliphatic carbocycles. The molecule has 3 atom stereocenters. The van der Waals surface area contributed by atoms with Gasteiger partial charge in [0.2, 0.25) is 5.91 Å². The predicted molar refractivity (Wildman–Crippen MR) is 107 cm³/mol. The van der Waals surface area contributed by atoms with Crippen molar-refractivity contribution in [3.63, 3.8) is 0 Å². The van der Waals surface area contributed by atoms with E-state index in [4.69, 9.17) is 0 Å².